The Morgan fingerprint density at radius 2 is 1.76 bits per heavy atom. The highest BCUT2D eigenvalue weighted by Crippen LogP contribution is 2.22. The minimum Gasteiger partial charge on any atom is -0.462 e. The van der Waals surface area contributed by atoms with E-state index in [4.69, 9.17) is 4.74 Å². The van der Waals surface area contributed by atoms with E-state index in [1.807, 2.05) is 0 Å². The Morgan fingerprint density at radius 3 is 2.44 bits per heavy atom. The molecule has 0 unspecified atom stereocenters. The van der Waals surface area contributed by atoms with Crippen LogP contribution in [0.3, 0.4) is 0 Å². The number of carbonyl (C=O) groups excluding carboxylic acids is 1. The molecule has 0 fully saturated rings. The number of benzene rings is 2. The maximum atomic E-state index is 14.2. The SMILES string of the molecule is CCOC(=O)c1cn(-c2ccccc2F)c2cc(F)c(F)cc2c1=O. The zero-order valence-electron chi connectivity index (χ0n) is 13.1. The van der Waals surface area contributed by atoms with Crippen molar-refractivity contribution in [2.45, 2.75) is 6.92 Å². The van der Waals surface area contributed by atoms with Crippen LogP contribution in [0.1, 0.15) is 17.3 Å². The first-order chi connectivity index (χ1) is 11.9. The lowest BCUT2D eigenvalue weighted by Crippen LogP contribution is -2.21. The lowest BCUT2D eigenvalue weighted by molar-refractivity contribution is 0.0524. The number of fused-ring (bicyclic) bond motifs is 1. The fourth-order valence-corrected chi connectivity index (χ4v) is 2.52. The fraction of sp³-hybridized carbons (Fsp3) is 0.111. The Bertz CT molecular complexity index is 1040. The van der Waals surface area contributed by atoms with Crippen molar-refractivity contribution >= 4 is 16.9 Å². The number of para-hydroxylation sites is 1. The second-order valence-electron chi connectivity index (χ2n) is 5.20. The summed E-state index contributed by atoms with van der Waals surface area (Å²) in [6.45, 7) is 1.58. The summed E-state index contributed by atoms with van der Waals surface area (Å²) in [7, 11) is 0. The average molecular weight is 347 g/mol. The molecule has 0 aliphatic rings. The van der Waals surface area contributed by atoms with Gasteiger partial charge in [0.25, 0.3) is 0 Å². The minimum absolute atomic E-state index is 0.0216. The number of rotatable bonds is 3. The number of hydrogen-bond donors (Lipinski definition) is 0. The summed E-state index contributed by atoms with van der Waals surface area (Å²) < 4.78 is 47.4. The van der Waals surface area contributed by atoms with Gasteiger partial charge in [0.2, 0.25) is 5.43 Å². The third-order valence-corrected chi connectivity index (χ3v) is 3.65. The number of hydrogen-bond acceptors (Lipinski definition) is 3. The van der Waals surface area contributed by atoms with Crippen LogP contribution < -0.4 is 5.43 Å². The van der Waals surface area contributed by atoms with Crippen LogP contribution >= 0.6 is 0 Å². The molecule has 2 aromatic carbocycles. The van der Waals surface area contributed by atoms with Gasteiger partial charge in [-0.15, -0.1) is 0 Å². The lowest BCUT2D eigenvalue weighted by Gasteiger charge is -2.14. The second kappa shape index (κ2) is 6.43. The molecule has 0 N–H and O–H groups in total. The summed E-state index contributed by atoms with van der Waals surface area (Å²) in [5.74, 6) is -4.03. The van der Waals surface area contributed by atoms with E-state index in [0.29, 0.717) is 6.07 Å². The third kappa shape index (κ3) is 2.88. The normalized spacial score (nSPS) is 10.9. The van der Waals surface area contributed by atoms with Gasteiger partial charge in [0.05, 0.1) is 23.2 Å². The number of nitrogens with zero attached hydrogens (tertiary/aromatic N) is 1. The van der Waals surface area contributed by atoms with Crippen molar-refractivity contribution in [3.8, 4) is 5.69 Å². The van der Waals surface area contributed by atoms with Crippen LogP contribution in [0.25, 0.3) is 16.6 Å². The monoisotopic (exact) mass is 347 g/mol. The molecule has 0 aliphatic heterocycles. The predicted molar refractivity (Wildman–Crippen MR) is 85.4 cm³/mol. The molecule has 7 heteroatoms. The smallest absolute Gasteiger partial charge is 0.343 e. The summed E-state index contributed by atoms with van der Waals surface area (Å²) in [6.07, 6.45) is 1.07. The van der Waals surface area contributed by atoms with Crippen molar-refractivity contribution in [1.29, 1.82) is 0 Å². The third-order valence-electron chi connectivity index (χ3n) is 3.65. The molecule has 4 nitrogen and oxygen atoms in total. The Balaban J connectivity index is 2.44. The van der Waals surface area contributed by atoms with E-state index in [1.54, 1.807) is 6.92 Å². The van der Waals surface area contributed by atoms with E-state index in [2.05, 4.69) is 0 Å². The van der Waals surface area contributed by atoms with Crippen LogP contribution in [0.4, 0.5) is 13.2 Å². The van der Waals surface area contributed by atoms with Crippen molar-refractivity contribution < 1.29 is 22.7 Å². The van der Waals surface area contributed by atoms with E-state index in [-0.39, 0.29) is 23.2 Å². The number of pyridine rings is 1. The van der Waals surface area contributed by atoms with Gasteiger partial charge in [-0.3, -0.25) is 4.79 Å². The standard InChI is InChI=1S/C18H12F3NO3/c1-2-25-18(24)11-9-22(15-6-4-3-5-12(15)19)16-8-14(21)13(20)7-10(16)17(11)23/h3-9H,2H2,1H3. The lowest BCUT2D eigenvalue weighted by atomic mass is 10.1. The number of halogens is 3. The summed E-state index contributed by atoms with van der Waals surface area (Å²) >= 11 is 0. The zero-order chi connectivity index (χ0) is 18.1. The largest absolute Gasteiger partial charge is 0.462 e. The Kier molecular flexibility index (Phi) is 4.31. The summed E-state index contributed by atoms with van der Waals surface area (Å²) in [6, 6.07) is 7.02. The Morgan fingerprint density at radius 1 is 1.08 bits per heavy atom. The first-order valence-electron chi connectivity index (χ1n) is 7.40. The molecule has 3 rings (SSSR count). The van der Waals surface area contributed by atoms with Gasteiger partial charge in [-0.05, 0) is 25.1 Å². The fourth-order valence-electron chi connectivity index (χ4n) is 2.52. The molecule has 1 aromatic heterocycles. The minimum atomic E-state index is -1.24. The highest BCUT2D eigenvalue weighted by atomic mass is 19.2. The van der Waals surface area contributed by atoms with Crippen molar-refractivity contribution in [1.82, 2.24) is 4.57 Å². The van der Waals surface area contributed by atoms with E-state index < -0.39 is 34.4 Å². The molecule has 0 amide bonds. The first-order valence-corrected chi connectivity index (χ1v) is 7.40. The topological polar surface area (TPSA) is 48.3 Å². The first kappa shape index (κ1) is 16.8. The molecular weight excluding hydrogens is 335 g/mol. The van der Waals surface area contributed by atoms with E-state index in [9.17, 15) is 22.8 Å². The zero-order valence-corrected chi connectivity index (χ0v) is 13.1. The van der Waals surface area contributed by atoms with Crippen LogP contribution in [-0.4, -0.2) is 17.1 Å². The maximum absolute atomic E-state index is 14.2. The average Bonchev–Trinajstić information content (AvgIpc) is 2.58. The van der Waals surface area contributed by atoms with Crippen molar-refractivity contribution in [2.24, 2.45) is 0 Å². The molecule has 0 bridgehead atoms. The molecule has 3 aromatic rings. The molecule has 0 atom stereocenters. The number of carbonyl (C=O) groups is 1. The van der Waals surface area contributed by atoms with E-state index in [1.165, 1.54) is 24.3 Å². The summed E-state index contributed by atoms with van der Waals surface area (Å²) in [4.78, 5) is 24.5. The van der Waals surface area contributed by atoms with Gasteiger partial charge in [-0.2, -0.15) is 0 Å². The quantitative estimate of drug-likeness (QED) is 0.681. The molecular formula is C18H12F3NO3. The van der Waals surface area contributed by atoms with Gasteiger partial charge in [-0.1, -0.05) is 12.1 Å². The molecule has 0 saturated carbocycles. The molecule has 1 heterocycles. The van der Waals surface area contributed by atoms with Gasteiger partial charge in [0.15, 0.2) is 11.6 Å². The van der Waals surface area contributed by atoms with Gasteiger partial charge in [0, 0.05) is 12.3 Å². The van der Waals surface area contributed by atoms with Crippen LogP contribution in [-0.2, 0) is 4.74 Å². The van der Waals surface area contributed by atoms with Crippen LogP contribution in [0.2, 0.25) is 0 Å². The van der Waals surface area contributed by atoms with Gasteiger partial charge in [0.1, 0.15) is 11.4 Å². The predicted octanol–water partition coefficient (Wildman–Crippen LogP) is 3.58. The highest BCUT2D eigenvalue weighted by Gasteiger charge is 2.20. The molecule has 0 aliphatic carbocycles. The van der Waals surface area contributed by atoms with Crippen molar-refractivity contribution in [2.75, 3.05) is 6.61 Å². The van der Waals surface area contributed by atoms with Gasteiger partial charge >= 0.3 is 5.97 Å². The summed E-state index contributed by atoms with van der Waals surface area (Å²) in [5.41, 5.74) is -1.31. The van der Waals surface area contributed by atoms with Crippen molar-refractivity contribution in [3.05, 3.63) is 75.8 Å². The summed E-state index contributed by atoms with van der Waals surface area (Å²) in [5, 5.41) is -0.257. The van der Waals surface area contributed by atoms with Crippen LogP contribution in [0, 0.1) is 17.5 Å². The second-order valence-corrected chi connectivity index (χ2v) is 5.20. The Labute approximate surface area is 140 Å². The van der Waals surface area contributed by atoms with E-state index >= 15 is 0 Å². The van der Waals surface area contributed by atoms with Crippen LogP contribution in [0.15, 0.2) is 47.4 Å². The number of aromatic nitrogens is 1. The molecule has 128 valence electrons. The number of ether oxygens (including phenoxy) is 1. The highest BCUT2D eigenvalue weighted by molar-refractivity contribution is 5.94. The van der Waals surface area contributed by atoms with Crippen LogP contribution in [0.5, 0.6) is 0 Å². The molecule has 25 heavy (non-hydrogen) atoms. The van der Waals surface area contributed by atoms with E-state index in [0.717, 1.165) is 16.8 Å². The molecule has 0 spiro atoms. The maximum Gasteiger partial charge on any atom is 0.343 e. The molecule has 0 saturated heterocycles. The molecule has 0 radical (unpaired) electrons. The number of esters is 1. The van der Waals surface area contributed by atoms with Gasteiger partial charge in [-0.25, -0.2) is 18.0 Å². The van der Waals surface area contributed by atoms with Crippen molar-refractivity contribution in [3.63, 3.8) is 0 Å². The van der Waals surface area contributed by atoms with Gasteiger partial charge < -0.3 is 9.30 Å². The Hall–Kier alpha value is -3.09.